The Morgan fingerprint density at radius 1 is 1.12 bits per heavy atom. The Hall–Kier alpha value is -1.37. The molecule has 6 heteroatoms. The summed E-state index contributed by atoms with van der Waals surface area (Å²) < 4.78 is 31.0. The number of ether oxygens (including phenoxy) is 3. The highest BCUT2D eigenvalue weighted by Crippen LogP contribution is 2.33. The van der Waals surface area contributed by atoms with Gasteiger partial charge in [-0.3, -0.25) is 4.90 Å². The van der Waals surface area contributed by atoms with Crippen molar-refractivity contribution in [2.75, 3.05) is 54.1 Å². The van der Waals surface area contributed by atoms with Gasteiger partial charge in [-0.1, -0.05) is 0 Å². The monoisotopic (exact) mass is 338 g/mol. The molecule has 0 atom stereocenters. The van der Waals surface area contributed by atoms with Gasteiger partial charge in [-0.15, -0.1) is 0 Å². The van der Waals surface area contributed by atoms with E-state index in [9.17, 15) is 4.39 Å². The molecule has 0 N–H and O–H groups in total. The average Bonchev–Trinajstić information content (AvgIpc) is 2.59. The van der Waals surface area contributed by atoms with Crippen molar-refractivity contribution in [2.24, 2.45) is 0 Å². The van der Waals surface area contributed by atoms with Crippen molar-refractivity contribution in [3.63, 3.8) is 0 Å². The molecule has 2 aliphatic rings. The summed E-state index contributed by atoms with van der Waals surface area (Å²) in [5.41, 5.74) is 0.565. The molecule has 0 aromatic heterocycles. The third-order valence-electron chi connectivity index (χ3n) is 5.17. The lowest BCUT2D eigenvalue weighted by atomic mass is 9.89. The molecule has 1 aromatic carbocycles. The summed E-state index contributed by atoms with van der Waals surface area (Å²) in [4.78, 5) is 4.63. The van der Waals surface area contributed by atoms with E-state index in [-0.39, 0.29) is 11.4 Å². The summed E-state index contributed by atoms with van der Waals surface area (Å²) in [5.74, 6) is 0.736. The molecule has 0 bridgehead atoms. The molecule has 0 aliphatic carbocycles. The number of rotatable bonds is 4. The minimum absolute atomic E-state index is 0.0716. The van der Waals surface area contributed by atoms with Crippen LogP contribution >= 0.6 is 0 Å². The minimum Gasteiger partial charge on any atom is -0.493 e. The molecule has 1 aromatic rings. The molecule has 0 saturated carbocycles. The molecule has 5 nitrogen and oxygen atoms in total. The van der Waals surface area contributed by atoms with Crippen molar-refractivity contribution in [2.45, 2.75) is 25.0 Å². The Morgan fingerprint density at radius 2 is 1.79 bits per heavy atom. The zero-order chi connectivity index (χ0) is 17.2. The van der Waals surface area contributed by atoms with Gasteiger partial charge in [-0.25, -0.2) is 4.39 Å². The fourth-order valence-corrected chi connectivity index (χ4v) is 3.65. The lowest BCUT2D eigenvalue weighted by molar-refractivity contribution is -0.135. The number of nitrogens with zero attached hydrogens (tertiary/aromatic N) is 2. The number of halogens is 1. The molecule has 1 spiro atoms. The molecule has 2 saturated heterocycles. The van der Waals surface area contributed by atoms with Gasteiger partial charge in [0, 0.05) is 44.4 Å². The van der Waals surface area contributed by atoms with Crippen LogP contribution in [0.5, 0.6) is 11.5 Å². The number of hydrogen-bond donors (Lipinski definition) is 0. The van der Waals surface area contributed by atoms with Crippen LogP contribution in [0.4, 0.5) is 4.39 Å². The topological polar surface area (TPSA) is 34.2 Å². The van der Waals surface area contributed by atoms with E-state index in [0.29, 0.717) is 30.2 Å². The van der Waals surface area contributed by atoms with Gasteiger partial charge in [0.15, 0.2) is 11.5 Å². The van der Waals surface area contributed by atoms with E-state index in [1.165, 1.54) is 13.2 Å². The average molecular weight is 338 g/mol. The molecule has 3 rings (SSSR count). The smallest absolute Gasteiger partial charge is 0.163 e. The van der Waals surface area contributed by atoms with Crippen molar-refractivity contribution < 1.29 is 18.6 Å². The molecule has 0 unspecified atom stereocenters. The number of hydrogen-bond acceptors (Lipinski definition) is 5. The Labute approximate surface area is 143 Å². The van der Waals surface area contributed by atoms with E-state index in [1.54, 1.807) is 13.2 Å². The highest BCUT2D eigenvalue weighted by Gasteiger charge is 2.39. The van der Waals surface area contributed by atoms with Crippen LogP contribution in [-0.4, -0.2) is 69.5 Å². The van der Waals surface area contributed by atoms with Gasteiger partial charge >= 0.3 is 0 Å². The predicted octanol–water partition coefficient (Wildman–Crippen LogP) is 2.14. The summed E-state index contributed by atoms with van der Waals surface area (Å²) in [6.45, 7) is 5.06. The predicted molar refractivity (Wildman–Crippen MR) is 90.2 cm³/mol. The van der Waals surface area contributed by atoms with E-state index in [2.05, 4.69) is 16.8 Å². The highest BCUT2D eigenvalue weighted by atomic mass is 19.1. The van der Waals surface area contributed by atoms with Crippen LogP contribution in [0.1, 0.15) is 18.4 Å². The van der Waals surface area contributed by atoms with Gasteiger partial charge in [-0.05, 0) is 26.0 Å². The maximum Gasteiger partial charge on any atom is 0.163 e. The Bertz CT molecular complexity index is 574. The number of piperidine rings is 1. The van der Waals surface area contributed by atoms with Crippen molar-refractivity contribution in [3.05, 3.63) is 23.5 Å². The fraction of sp³-hybridized carbons (Fsp3) is 0.667. The highest BCUT2D eigenvalue weighted by molar-refractivity contribution is 5.43. The molecule has 2 aliphatic heterocycles. The first-order chi connectivity index (χ1) is 11.5. The molecule has 0 radical (unpaired) electrons. The van der Waals surface area contributed by atoms with Crippen LogP contribution in [0.3, 0.4) is 0 Å². The summed E-state index contributed by atoms with van der Waals surface area (Å²) in [6.07, 6.45) is 2.07. The van der Waals surface area contributed by atoms with Crippen LogP contribution in [0.2, 0.25) is 0 Å². The molecule has 24 heavy (non-hydrogen) atoms. The van der Waals surface area contributed by atoms with Crippen LogP contribution < -0.4 is 9.47 Å². The summed E-state index contributed by atoms with van der Waals surface area (Å²) in [6, 6.07) is 3.14. The maximum atomic E-state index is 14.4. The number of methoxy groups -OCH3 is 2. The Balaban J connectivity index is 1.71. The van der Waals surface area contributed by atoms with Crippen molar-refractivity contribution in [1.82, 2.24) is 9.80 Å². The van der Waals surface area contributed by atoms with E-state index in [0.717, 1.165) is 39.0 Å². The molecule has 134 valence electrons. The Kier molecular flexibility index (Phi) is 5.27. The second kappa shape index (κ2) is 7.25. The number of likely N-dealkylation sites (tertiary alicyclic amines) is 1. The van der Waals surface area contributed by atoms with Gasteiger partial charge in [-0.2, -0.15) is 0 Å². The fourth-order valence-electron chi connectivity index (χ4n) is 3.65. The molecular formula is C18H27FN2O3. The maximum absolute atomic E-state index is 14.4. The van der Waals surface area contributed by atoms with E-state index >= 15 is 0 Å². The van der Waals surface area contributed by atoms with Crippen LogP contribution in [0.25, 0.3) is 0 Å². The quantitative estimate of drug-likeness (QED) is 0.840. The molecule has 2 fully saturated rings. The summed E-state index contributed by atoms with van der Waals surface area (Å²) in [7, 11) is 5.23. The first kappa shape index (κ1) is 17.5. The van der Waals surface area contributed by atoms with E-state index in [1.807, 2.05) is 0 Å². The molecular weight excluding hydrogens is 311 g/mol. The third kappa shape index (κ3) is 3.66. The van der Waals surface area contributed by atoms with Gasteiger partial charge < -0.3 is 19.1 Å². The normalized spacial score (nSPS) is 21.8. The second-order valence-electron chi connectivity index (χ2n) is 6.84. The largest absolute Gasteiger partial charge is 0.493 e. The van der Waals surface area contributed by atoms with E-state index < -0.39 is 0 Å². The standard InChI is InChI=1S/C18H27FN2O3/c1-20-6-4-18(5-7-20)13-21(8-9-24-18)12-14-10-16(22-2)17(23-3)11-15(14)19/h10-11H,4-9,12-13H2,1-3H3. The van der Waals surface area contributed by atoms with Crippen molar-refractivity contribution >= 4 is 0 Å². The minimum atomic E-state index is -0.253. The zero-order valence-electron chi connectivity index (χ0n) is 14.8. The van der Waals surface area contributed by atoms with Crippen LogP contribution in [0, 0.1) is 5.82 Å². The number of morpholine rings is 1. The second-order valence-corrected chi connectivity index (χ2v) is 6.84. The van der Waals surface area contributed by atoms with E-state index in [4.69, 9.17) is 14.2 Å². The summed E-state index contributed by atoms with van der Waals surface area (Å²) in [5, 5.41) is 0. The zero-order valence-corrected chi connectivity index (χ0v) is 14.8. The lowest BCUT2D eigenvalue weighted by Crippen LogP contribution is -2.56. The SMILES string of the molecule is COc1cc(F)c(CN2CCOC3(CCN(C)CC3)C2)cc1OC. The first-order valence-corrected chi connectivity index (χ1v) is 8.50. The van der Waals surface area contributed by atoms with Gasteiger partial charge in [0.25, 0.3) is 0 Å². The Morgan fingerprint density at radius 3 is 2.46 bits per heavy atom. The van der Waals surface area contributed by atoms with Gasteiger partial charge in [0.05, 0.1) is 26.4 Å². The van der Waals surface area contributed by atoms with Crippen LogP contribution in [0.15, 0.2) is 12.1 Å². The number of benzene rings is 1. The first-order valence-electron chi connectivity index (χ1n) is 8.50. The summed E-state index contributed by atoms with van der Waals surface area (Å²) >= 11 is 0. The van der Waals surface area contributed by atoms with Crippen molar-refractivity contribution in [3.8, 4) is 11.5 Å². The van der Waals surface area contributed by atoms with Gasteiger partial charge in [0.1, 0.15) is 5.82 Å². The third-order valence-corrected chi connectivity index (χ3v) is 5.17. The van der Waals surface area contributed by atoms with Gasteiger partial charge in [0.2, 0.25) is 0 Å². The lowest BCUT2D eigenvalue weighted by Gasteiger charge is -2.46. The molecule has 0 amide bonds. The van der Waals surface area contributed by atoms with Crippen LogP contribution in [-0.2, 0) is 11.3 Å². The van der Waals surface area contributed by atoms with Crippen molar-refractivity contribution in [1.29, 1.82) is 0 Å². The molecule has 2 heterocycles.